The maximum absolute atomic E-state index is 13.0. The number of phenols is 2. The lowest BCUT2D eigenvalue weighted by Crippen LogP contribution is -2.39. The van der Waals surface area contributed by atoms with E-state index in [4.69, 9.17) is 46.4 Å². The predicted octanol–water partition coefficient (Wildman–Crippen LogP) is 5.89. The summed E-state index contributed by atoms with van der Waals surface area (Å²) in [4.78, 5) is 0. The fraction of sp³-hybridized carbons (Fsp3) is 0.0526. The van der Waals surface area contributed by atoms with Crippen molar-refractivity contribution in [2.45, 2.75) is 4.75 Å². The van der Waals surface area contributed by atoms with Crippen molar-refractivity contribution in [1.29, 1.82) is 0 Å². The van der Waals surface area contributed by atoms with Crippen molar-refractivity contribution in [3.63, 3.8) is 0 Å². The Bertz CT molecular complexity index is 1200. The third-order valence-electron chi connectivity index (χ3n) is 4.39. The van der Waals surface area contributed by atoms with Gasteiger partial charge in [-0.15, -0.1) is 0 Å². The number of aromatic hydroxyl groups is 2. The summed E-state index contributed by atoms with van der Waals surface area (Å²) in [6.07, 6.45) is 0. The van der Waals surface area contributed by atoms with E-state index in [0.717, 1.165) is 12.1 Å². The molecule has 0 aliphatic rings. The first-order valence-electron chi connectivity index (χ1n) is 7.90. The summed E-state index contributed by atoms with van der Waals surface area (Å²) in [6, 6.07) is 12.1. The molecule has 0 amide bonds. The van der Waals surface area contributed by atoms with E-state index in [1.54, 1.807) is 6.07 Å². The number of hydrogen-bond donors (Lipinski definition) is 3. The van der Waals surface area contributed by atoms with E-state index in [1.165, 1.54) is 36.4 Å². The van der Waals surface area contributed by atoms with Crippen LogP contribution in [-0.4, -0.2) is 23.2 Å². The standard InChI is InChI=1S/C19H12Cl4O5S/c20-13-6-7-14(21)17(23)16(13)19(29(26,27)28,10-4-2-1-3-5-10)12-8-11(24)9-15(22)18(12)25/h1-9,24-25H,(H,26,27,28). The molecule has 0 aromatic heterocycles. The Morgan fingerprint density at radius 3 is 1.97 bits per heavy atom. The van der Waals surface area contributed by atoms with Crippen LogP contribution in [0.4, 0.5) is 0 Å². The Balaban J connectivity index is 2.69. The Kier molecular flexibility index (Phi) is 5.98. The van der Waals surface area contributed by atoms with Crippen LogP contribution >= 0.6 is 46.4 Å². The van der Waals surface area contributed by atoms with Crippen molar-refractivity contribution in [2.75, 3.05) is 0 Å². The predicted molar refractivity (Wildman–Crippen MR) is 114 cm³/mol. The molecule has 0 saturated heterocycles. The average molecular weight is 494 g/mol. The molecule has 0 bridgehead atoms. The molecule has 10 heteroatoms. The zero-order valence-electron chi connectivity index (χ0n) is 14.3. The van der Waals surface area contributed by atoms with Gasteiger partial charge in [-0.25, -0.2) is 0 Å². The Labute approximate surface area is 186 Å². The van der Waals surface area contributed by atoms with E-state index >= 15 is 0 Å². The maximum atomic E-state index is 13.0. The highest BCUT2D eigenvalue weighted by Gasteiger charge is 2.53. The van der Waals surface area contributed by atoms with Gasteiger partial charge in [0.05, 0.1) is 15.1 Å². The van der Waals surface area contributed by atoms with E-state index < -0.39 is 31.9 Å². The van der Waals surface area contributed by atoms with Crippen molar-refractivity contribution in [3.05, 3.63) is 91.4 Å². The van der Waals surface area contributed by atoms with Crippen LogP contribution in [0, 0.1) is 0 Å². The van der Waals surface area contributed by atoms with Crippen LogP contribution in [0.2, 0.25) is 20.1 Å². The van der Waals surface area contributed by atoms with Crippen LogP contribution in [0.3, 0.4) is 0 Å². The largest absolute Gasteiger partial charge is 0.508 e. The zero-order valence-corrected chi connectivity index (χ0v) is 18.1. The van der Waals surface area contributed by atoms with Crippen LogP contribution in [-0.2, 0) is 14.9 Å². The maximum Gasteiger partial charge on any atom is 0.283 e. The number of phenolic OH excluding ortho intramolecular Hbond substituents is 2. The summed E-state index contributed by atoms with van der Waals surface area (Å²) in [7, 11) is -5.16. The van der Waals surface area contributed by atoms with Crippen LogP contribution in [0.1, 0.15) is 16.7 Å². The molecule has 0 saturated carbocycles. The van der Waals surface area contributed by atoms with E-state index in [0.29, 0.717) is 0 Å². The van der Waals surface area contributed by atoms with Gasteiger partial charge in [0.1, 0.15) is 11.5 Å². The SMILES string of the molecule is O=S(=O)(O)C(c1ccccc1)(c1cc(O)cc(Cl)c1O)c1c(Cl)ccc(Cl)c1Cl. The van der Waals surface area contributed by atoms with Crippen molar-refractivity contribution < 1.29 is 23.2 Å². The second kappa shape index (κ2) is 7.87. The van der Waals surface area contributed by atoms with E-state index in [9.17, 15) is 23.2 Å². The minimum absolute atomic E-state index is 0.0227. The molecule has 3 rings (SSSR count). The fourth-order valence-corrected chi connectivity index (χ4v) is 5.70. The third kappa shape index (κ3) is 3.54. The second-order valence-electron chi connectivity index (χ2n) is 6.06. The van der Waals surface area contributed by atoms with E-state index in [-0.39, 0.29) is 31.2 Å². The lowest BCUT2D eigenvalue weighted by Gasteiger charge is -2.34. The molecule has 29 heavy (non-hydrogen) atoms. The van der Waals surface area contributed by atoms with Gasteiger partial charge in [-0.3, -0.25) is 4.55 Å². The van der Waals surface area contributed by atoms with Crippen molar-refractivity contribution in [2.24, 2.45) is 0 Å². The van der Waals surface area contributed by atoms with Crippen molar-refractivity contribution in [3.8, 4) is 11.5 Å². The van der Waals surface area contributed by atoms with Gasteiger partial charge in [-0.2, -0.15) is 8.42 Å². The Morgan fingerprint density at radius 1 is 0.793 bits per heavy atom. The number of rotatable bonds is 4. The molecule has 0 spiro atoms. The van der Waals surface area contributed by atoms with Gasteiger partial charge in [0.2, 0.25) is 0 Å². The Morgan fingerprint density at radius 2 is 1.38 bits per heavy atom. The highest BCUT2D eigenvalue weighted by Crippen LogP contribution is 2.54. The van der Waals surface area contributed by atoms with Gasteiger partial charge in [-0.05, 0) is 23.8 Å². The van der Waals surface area contributed by atoms with E-state index in [1.807, 2.05) is 0 Å². The quantitative estimate of drug-likeness (QED) is 0.182. The molecular weight excluding hydrogens is 482 g/mol. The summed E-state index contributed by atoms with van der Waals surface area (Å²) in [5, 5.41) is 19.9. The molecule has 1 unspecified atom stereocenters. The summed E-state index contributed by atoms with van der Waals surface area (Å²) >= 11 is 24.8. The summed E-state index contributed by atoms with van der Waals surface area (Å²) in [5.41, 5.74) is -0.785. The molecule has 3 aromatic rings. The third-order valence-corrected chi connectivity index (χ3v) is 7.23. The van der Waals surface area contributed by atoms with Gasteiger partial charge < -0.3 is 10.2 Å². The van der Waals surface area contributed by atoms with Crippen LogP contribution in [0.25, 0.3) is 0 Å². The molecule has 0 fully saturated rings. The van der Waals surface area contributed by atoms with Crippen molar-refractivity contribution >= 4 is 56.5 Å². The molecule has 3 aromatic carbocycles. The lowest BCUT2D eigenvalue weighted by atomic mass is 9.83. The fourth-order valence-electron chi connectivity index (χ4n) is 3.23. The average Bonchev–Trinajstić information content (AvgIpc) is 2.65. The normalized spacial score (nSPS) is 13.8. The van der Waals surface area contributed by atoms with E-state index in [2.05, 4.69) is 0 Å². The zero-order chi connectivity index (χ0) is 21.6. The minimum atomic E-state index is -5.16. The van der Waals surface area contributed by atoms with Crippen LogP contribution < -0.4 is 0 Å². The van der Waals surface area contributed by atoms with Gasteiger partial charge in [-0.1, -0.05) is 76.7 Å². The molecule has 5 nitrogen and oxygen atoms in total. The summed E-state index contributed by atoms with van der Waals surface area (Å²) in [5.74, 6) is -1.15. The molecule has 0 radical (unpaired) electrons. The second-order valence-corrected chi connectivity index (χ2v) is 9.23. The first-order chi connectivity index (χ1) is 13.5. The first-order valence-corrected chi connectivity index (χ1v) is 10.9. The van der Waals surface area contributed by atoms with Gasteiger partial charge >= 0.3 is 0 Å². The molecule has 0 aliphatic heterocycles. The molecular formula is C19H12Cl4O5S. The molecule has 0 aliphatic carbocycles. The molecule has 1 atom stereocenters. The molecule has 3 N–H and O–H groups in total. The van der Waals surface area contributed by atoms with Gasteiger partial charge in [0, 0.05) is 22.2 Å². The molecule has 152 valence electrons. The number of hydrogen-bond acceptors (Lipinski definition) is 4. The molecule has 0 heterocycles. The minimum Gasteiger partial charge on any atom is -0.508 e. The number of halogens is 4. The van der Waals surface area contributed by atoms with Gasteiger partial charge in [0.25, 0.3) is 10.1 Å². The highest BCUT2D eigenvalue weighted by molar-refractivity contribution is 7.87. The highest BCUT2D eigenvalue weighted by atomic mass is 35.5. The number of benzene rings is 3. The topological polar surface area (TPSA) is 94.8 Å². The summed E-state index contributed by atoms with van der Waals surface area (Å²) < 4.78 is 34.0. The summed E-state index contributed by atoms with van der Waals surface area (Å²) in [6.45, 7) is 0. The smallest absolute Gasteiger partial charge is 0.283 e. The Hall–Kier alpha value is -1.67. The van der Waals surface area contributed by atoms with Crippen LogP contribution in [0.15, 0.2) is 54.6 Å². The van der Waals surface area contributed by atoms with Crippen molar-refractivity contribution in [1.82, 2.24) is 0 Å². The van der Waals surface area contributed by atoms with Gasteiger partial charge in [0.15, 0.2) is 4.75 Å². The van der Waals surface area contributed by atoms with Crippen LogP contribution in [0.5, 0.6) is 11.5 Å². The first kappa shape index (κ1) is 22.0. The lowest BCUT2D eigenvalue weighted by molar-refractivity contribution is 0.435. The monoisotopic (exact) mass is 492 g/mol.